The van der Waals surface area contributed by atoms with Crippen molar-refractivity contribution in [2.24, 2.45) is 7.05 Å². The number of phenols is 1. The molecule has 0 saturated heterocycles. The summed E-state index contributed by atoms with van der Waals surface area (Å²) >= 11 is 0. The van der Waals surface area contributed by atoms with Crippen LogP contribution in [0.3, 0.4) is 0 Å². The topological polar surface area (TPSA) is 55.9 Å². The molecule has 0 aliphatic heterocycles. The van der Waals surface area contributed by atoms with Gasteiger partial charge in [-0.05, 0) is 59.0 Å². The van der Waals surface area contributed by atoms with Gasteiger partial charge in [0.1, 0.15) is 11.6 Å². The number of nitrogens with zero attached hydrogens (tertiary/aromatic N) is 4. The molecule has 6 aromatic carbocycles. The fraction of sp³-hybridized carbons (Fsp3) is 0.106. The number of imidazole rings is 1. The summed E-state index contributed by atoms with van der Waals surface area (Å²) in [6.45, 7) is 6.79. The van der Waals surface area contributed by atoms with Crippen LogP contribution in [0.15, 0.2) is 146 Å². The van der Waals surface area contributed by atoms with Crippen molar-refractivity contribution in [2.45, 2.75) is 26.2 Å². The first kappa shape index (κ1) is 34.3. The molecule has 0 radical (unpaired) electrons. The molecule has 9 aromatic rings. The number of aromatic hydroxyl groups is 1. The van der Waals surface area contributed by atoms with E-state index in [0.29, 0.717) is 11.4 Å². The quantitative estimate of drug-likeness (QED) is 0.175. The molecular weight excluding hydrogens is 832 g/mol. The molecule has 5 nitrogen and oxygen atoms in total. The van der Waals surface area contributed by atoms with Gasteiger partial charge in [-0.3, -0.25) is 4.98 Å². The van der Waals surface area contributed by atoms with Gasteiger partial charge in [-0.1, -0.05) is 111 Å². The zero-order chi connectivity index (χ0) is 35.6. The summed E-state index contributed by atoms with van der Waals surface area (Å²) in [5, 5.41) is 13.1. The van der Waals surface area contributed by atoms with Gasteiger partial charge in [0.05, 0.1) is 27.6 Å². The number of rotatable bonds is 5. The van der Waals surface area contributed by atoms with Gasteiger partial charge in [0.25, 0.3) is 0 Å². The van der Waals surface area contributed by atoms with E-state index in [9.17, 15) is 5.11 Å². The molecule has 262 valence electrons. The summed E-state index contributed by atoms with van der Waals surface area (Å²) in [7, 11) is 1.98. The number of hydrogen-bond donors (Lipinski definition) is 1. The standard InChI is InChI=1S/C47H37N4O.Pt/c1-47(2,3)33-15-10-16-34(29-33)51-41-22-7-5-17-37(41)38-21-11-20-36(45(38)51)31-25-26-48-40(28-31)32-14-9-13-30(27-32)35-19-12-23-42-44(35)49-46(50(42)4)39-18-6-8-24-43(39)52;/h5-26,28-29,52H,1-4H3;/q-1;. The van der Waals surface area contributed by atoms with Crippen molar-refractivity contribution in [3.05, 3.63) is 157 Å². The van der Waals surface area contributed by atoms with Gasteiger partial charge in [-0.15, -0.1) is 29.8 Å². The second kappa shape index (κ2) is 13.3. The Balaban J connectivity index is 0.00000400. The van der Waals surface area contributed by atoms with Crippen LogP contribution in [0, 0.1) is 6.07 Å². The van der Waals surface area contributed by atoms with E-state index in [-0.39, 0.29) is 32.2 Å². The Morgan fingerprint density at radius 3 is 2.17 bits per heavy atom. The molecule has 0 unspecified atom stereocenters. The molecule has 0 bridgehead atoms. The van der Waals surface area contributed by atoms with Crippen LogP contribution in [0.2, 0.25) is 0 Å². The van der Waals surface area contributed by atoms with Crippen molar-refractivity contribution in [1.29, 1.82) is 0 Å². The number of pyridine rings is 1. The Morgan fingerprint density at radius 2 is 1.32 bits per heavy atom. The van der Waals surface area contributed by atoms with Gasteiger partial charge >= 0.3 is 0 Å². The van der Waals surface area contributed by atoms with Crippen LogP contribution in [-0.2, 0) is 33.5 Å². The fourth-order valence-electron chi connectivity index (χ4n) is 7.49. The van der Waals surface area contributed by atoms with Crippen LogP contribution >= 0.6 is 0 Å². The summed E-state index contributed by atoms with van der Waals surface area (Å²) in [6, 6.07) is 51.9. The molecule has 1 N–H and O–H groups in total. The van der Waals surface area contributed by atoms with E-state index in [1.807, 2.05) is 42.1 Å². The molecule has 53 heavy (non-hydrogen) atoms. The van der Waals surface area contributed by atoms with Gasteiger partial charge in [0, 0.05) is 62.0 Å². The molecule has 6 heteroatoms. The second-order valence-corrected chi connectivity index (χ2v) is 14.4. The van der Waals surface area contributed by atoms with Crippen molar-refractivity contribution in [3.63, 3.8) is 0 Å². The minimum atomic E-state index is 0. The first-order valence-corrected chi connectivity index (χ1v) is 17.6. The van der Waals surface area contributed by atoms with Crippen LogP contribution in [0.4, 0.5) is 0 Å². The summed E-state index contributed by atoms with van der Waals surface area (Å²) in [5.41, 5.74) is 13.2. The van der Waals surface area contributed by atoms with Crippen molar-refractivity contribution >= 4 is 32.8 Å². The minimum absolute atomic E-state index is 0. The molecule has 0 fully saturated rings. The third-order valence-electron chi connectivity index (χ3n) is 10.2. The summed E-state index contributed by atoms with van der Waals surface area (Å²) in [4.78, 5) is 9.90. The second-order valence-electron chi connectivity index (χ2n) is 14.4. The molecule has 0 saturated carbocycles. The van der Waals surface area contributed by atoms with E-state index in [1.165, 1.54) is 27.4 Å². The molecule has 0 spiro atoms. The average Bonchev–Trinajstić information content (AvgIpc) is 3.69. The maximum atomic E-state index is 10.6. The van der Waals surface area contributed by atoms with Crippen molar-refractivity contribution < 1.29 is 26.2 Å². The Bertz CT molecular complexity index is 2820. The summed E-state index contributed by atoms with van der Waals surface area (Å²) < 4.78 is 4.45. The molecule has 3 aromatic heterocycles. The van der Waals surface area contributed by atoms with E-state index in [2.05, 4.69) is 141 Å². The third-order valence-corrected chi connectivity index (χ3v) is 10.2. The number of para-hydroxylation sites is 4. The average molecular weight is 869 g/mol. The Kier molecular flexibility index (Phi) is 8.63. The van der Waals surface area contributed by atoms with Gasteiger partial charge in [0.2, 0.25) is 0 Å². The van der Waals surface area contributed by atoms with Gasteiger partial charge in [-0.2, -0.15) is 0 Å². The number of aryl methyl sites for hydroxylation is 1. The van der Waals surface area contributed by atoms with Gasteiger partial charge in [-0.25, -0.2) is 4.98 Å². The number of benzene rings is 6. The van der Waals surface area contributed by atoms with E-state index >= 15 is 0 Å². The largest absolute Gasteiger partial charge is 0.507 e. The predicted molar refractivity (Wildman–Crippen MR) is 214 cm³/mol. The molecule has 0 atom stereocenters. The zero-order valence-corrected chi connectivity index (χ0v) is 32.2. The summed E-state index contributed by atoms with van der Waals surface area (Å²) in [5.74, 6) is 0.916. The Labute approximate surface area is 323 Å². The Hall–Kier alpha value is -5.77. The van der Waals surface area contributed by atoms with Crippen molar-refractivity contribution in [1.82, 2.24) is 19.1 Å². The molecule has 0 aliphatic rings. The van der Waals surface area contributed by atoms with E-state index in [1.54, 1.807) is 6.07 Å². The molecule has 9 rings (SSSR count). The fourth-order valence-corrected chi connectivity index (χ4v) is 7.49. The van der Waals surface area contributed by atoms with Crippen LogP contribution < -0.4 is 0 Å². The number of hydrogen-bond acceptors (Lipinski definition) is 3. The van der Waals surface area contributed by atoms with E-state index < -0.39 is 0 Å². The van der Waals surface area contributed by atoms with E-state index in [0.717, 1.165) is 50.2 Å². The van der Waals surface area contributed by atoms with Gasteiger partial charge < -0.3 is 14.2 Å². The van der Waals surface area contributed by atoms with Crippen LogP contribution in [0.5, 0.6) is 5.75 Å². The molecule has 0 aliphatic carbocycles. The molecule has 3 heterocycles. The number of phenolic OH excluding ortho intramolecular Hbond substituents is 1. The van der Waals surface area contributed by atoms with Crippen molar-refractivity contribution in [2.75, 3.05) is 0 Å². The molecular formula is C47H37N4OPt-. The van der Waals surface area contributed by atoms with Crippen molar-refractivity contribution in [3.8, 4) is 56.3 Å². The maximum Gasteiger partial charge on any atom is 0.143 e. The number of fused-ring (bicyclic) bond motifs is 4. The smallest absolute Gasteiger partial charge is 0.143 e. The number of aromatic nitrogens is 4. The predicted octanol–water partition coefficient (Wildman–Crippen LogP) is 11.5. The van der Waals surface area contributed by atoms with E-state index in [4.69, 9.17) is 9.97 Å². The maximum absolute atomic E-state index is 10.6. The van der Waals surface area contributed by atoms with Crippen LogP contribution in [0.1, 0.15) is 26.3 Å². The first-order valence-electron chi connectivity index (χ1n) is 17.6. The summed E-state index contributed by atoms with van der Waals surface area (Å²) in [6.07, 6.45) is 1.90. The molecule has 0 amide bonds. The monoisotopic (exact) mass is 868 g/mol. The SMILES string of the molecule is Cn1c(-c2ccccc2O)nc2c(-c3[c-]c(-c4cc(-c5cccc6c7ccccc7n(-c7cccc(C(C)(C)C)c7)c56)ccn4)ccc3)cccc21.[Pt]. The van der Waals surface area contributed by atoms with Crippen LogP contribution in [0.25, 0.3) is 83.4 Å². The van der Waals surface area contributed by atoms with Crippen LogP contribution in [-0.4, -0.2) is 24.2 Å². The normalized spacial score (nSPS) is 11.7. The Morgan fingerprint density at radius 1 is 0.642 bits per heavy atom. The zero-order valence-electron chi connectivity index (χ0n) is 29.9. The first-order chi connectivity index (χ1) is 25.3. The van der Waals surface area contributed by atoms with Gasteiger partial charge in [0.15, 0.2) is 0 Å². The minimum Gasteiger partial charge on any atom is -0.507 e. The third kappa shape index (κ3) is 5.86.